The van der Waals surface area contributed by atoms with Crippen molar-refractivity contribution in [2.45, 2.75) is 52.5 Å². The number of ether oxygens (including phenoxy) is 3. The standard InChI is InChI=1S/C29H38N4O6.BrH/c1-7-38-23-13-18-15-33(27(31)19(18)14-20(23)28(36)32-5)16-22(34)17-11-21(29(2,3)4)26(37-6)24(12-17)39-10-8-9-25(30)35;/h11-14,31H,7-10,15-16H2,1-6H3,(H2,30,35)(H,32,36);1H. The predicted octanol–water partition coefficient (Wildman–Crippen LogP) is 4.00. The number of fused-ring (bicyclic) bond motifs is 1. The van der Waals surface area contributed by atoms with Gasteiger partial charge in [0.1, 0.15) is 11.6 Å². The van der Waals surface area contributed by atoms with Gasteiger partial charge in [0.2, 0.25) is 5.91 Å². The summed E-state index contributed by atoms with van der Waals surface area (Å²) in [4.78, 5) is 38.7. The molecule has 0 saturated carbocycles. The van der Waals surface area contributed by atoms with Crippen molar-refractivity contribution in [2.75, 3.05) is 33.9 Å². The van der Waals surface area contributed by atoms with Crippen molar-refractivity contribution >= 4 is 40.4 Å². The van der Waals surface area contributed by atoms with Crippen LogP contribution >= 0.6 is 17.0 Å². The Morgan fingerprint density at radius 1 is 1.10 bits per heavy atom. The third-order valence-corrected chi connectivity index (χ3v) is 6.46. The number of carbonyl (C=O) groups is 3. The third kappa shape index (κ3) is 7.32. The van der Waals surface area contributed by atoms with Gasteiger partial charge in [-0.1, -0.05) is 20.8 Å². The van der Waals surface area contributed by atoms with Gasteiger partial charge in [0.15, 0.2) is 17.3 Å². The summed E-state index contributed by atoms with van der Waals surface area (Å²) in [5.74, 6) is 0.645. The number of nitrogens with zero attached hydrogens (tertiary/aromatic N) is 1. The molecular formula is C29H39BrN4O6. The highest BCUT2D eigenvalue weighted by Crippen LogP contribution is 2.40. The molecule has 40 heavy (non-hydrogen) atoms. The summed E-state index contributed by atoms with van der Waals surface area (Å²) in [5.41, 5.74) is 7.86. The number of nitrogens with one attached hydrogen (secondary N) is 2. The topological polar surface area (TPSA) is 144 Å². The molecule has 0 unspecified atom stereocenters. The fraction of sp³-hybridized carbons (Fsp3) is 0.448. The van der Waals surface area contributed by atoms with Crippen molar-refractivity contribution in [1.29, 1.82) is 5.41 Å². The van der Waals surface area contributed by atoms with Gasteiger partial charge in [-0.3, -0.25) is 19.8 Å². The Morgan fingerprint density at radius 2 is 1.80 bits per heavy atom. The van der Waals surface area contributed by atoms with Gasteiger partial charge in [-0.05, 0) is 48.6 Å². The number of hydrogen-bond acceptors (Lipinski definition) is 7. The van der Waals surface area contributed by atoms with E-state index in [2.05, 4.69) is 5.32 Å². The summed E-state index contributed by atoms with van der Waals surface area (Å²) in [5, 5.41) is 11.3. The van der Waals surface area contributed by atoms with Crippen molar-refractivity contribution in [3.63, 3.8) is 0 Å². The Bertz CT molecular complexity index is 1290. The molecule has 0 fully saturated rings. The van der Waals surface area contributed by atoms with E-state index in [0.29, 0.717) is 53.5 Å². The molecule has 3 rings (SSSR count). The van der Waals surface area contributed by atoms with Gasteiger partial charge >= 0.3 is 0 Å². The van der Waals surface area contributed by atoms with Gasteiger partial charge in [-0.2, -0.15) is 0 Å². The third-order valence-electron chi connectivity index (χ3n) is 6.46. The van der Waals surface area contributed by atoms with Crippen LogP contribution in [0.2, 0.25) is 0 Å². The van der Waals surface area contributed by atoms with Gasteiger partial charge < -0.3 is 30.2 Å². The molecule has 1 aliphatic rings. The van der Waals surface area contributed by atoms with Crippen LogP contribution in [0.4, 0.5) is 0 Å². The van der Waals surface area contributed by atoms with Crippen LogP contribution in [0.1, 0.15) is 77.9 Å². The number of halogens is 1. The lowest BCUT2D eigenvalue weighted by Crippen LogP contribution is -2.30. The number of carbonyl (C=O) groups excluding carboxylic acids is 3. The molecule has 218 valence electrons. The van der Waals surface area contributed by atoms with Gasteiger partial charge in [0, 0.05) is 36.7 Å². The average Bonchev–Trinajstić information content (AvgIpc) is 3.18. The molecule has 2 aromatic rings. The number of amidine groups is 1. The predicted molar refractivity (Wildman–Crippen MR) is 159 cm³/mol. The number of methoxy groups -OCH3 is 1. The summed E-state index contributed by atoms with van der Waals surface area (Å²) >= 11 is 0. The summed E-state index contributed by atoms with van der Waals surface area (Å²) in [6, 6.07) is 6.87. The molecule has 0 saturated heterocycles. The smallest absolute Gasteiger partial charge is 0.254 e. The van der Waals surface area contributed by atoms with Gasteiger partial charge in [0.05, 0.1) is 32.4 Å². The first-order valence-corrected chi connectivity index (χ1v) is 12.9. The number of benzene rings is 2. The molecule has 1 aliphatic heterocycles. The van der Waals surface area contributed by atoms with Crippen LogP contribution in [0, 0.1) is 5.41 Å². The maximum Gasteiger partial charge on any atom is 0.254 e. The van der Waals surface area contributed by atoms with Crippen LogP contribution in [0.15, 0.2) is 24.3 Å². The Labute approximate surface area is 245 Å². The van der Waals surface area contributed by atoms with Crippen molar-refractivity contribution in [1.82, 2.24) is 10.2 Å². The lowest BCUT2D eigenvalue weighted by molar-refractivity contribution is -0.118. The number of amides is 2. The zero-order valence-electron chi connectivity index (χ0n) is 23.9. The Hall–Kier alpha value is -3.60. The second-order valence-electron chi connectivity index (χ2n) is 10.4. The highest BCUT2D eigenvalue weighted by Gasteiger charge is 2.30. The molecular weight excluding hydrogens is 580 g/mol. The van der Waals surface area contributed by atoms with E-state index >= 15 is 0 Å². The minimum Gasteiger partial charge on any atom is -0.493 e. The van der Waals surface area contributed by atoms with Crippen molar-refractivity contribution in [2.24, 2.45) is 5.73 Å². The fourth-order valence-corrected chi connectivity index (χ4v) is 4.48. The molecule has 11 heteroatoms. The SMILES string of the molecule is Br.CCOc1cc2c(cc1C(=O)NC)C(=N)N(CC(=O)c1cc(OCCCC(N)=O)c(OC)c(C(C)(C)C)c1)C2. The second kappa shape index (κ2) is 13.6. The van der Waals surface area contributed by atoms with Gasteiger partial charge in [-0.25, -0.2) is 0 Å². The lowest BCUT2D eigenvalue weighted by atomic mass is 9.84. The Kier molecular flexibility index (Phi) is 11.1. The summed E-state index contributed by atoms with van der Waals surface area (Å²) < 4.78 is 17.3. The number of primary amides is 1. The number of nitrogens with two attached hydrogens (primary N) is 1. The number of hydrogen-bond donors (Lipinski definition) is 3. The normalized spacial score (nSPS) is 12.3. The van der Waals surface area contributed by atoms with Crippen LogP contribution in [0.3, 0.4) is 0 Å². The monoisotopic (exact) mass is 618 g/mol. The maximum absolute atomic E-state index is 13.6. The molecule has 0 spiro atoms. The van der Waals surface area contributed by atoms with Crippen molar-refractivity contribution in [3.05, 3.63) is 52.1 Å². The van der Waals surface area contributed by atoms with E-state index in [1.165, 1.54) is 7.05 Å². The quantitative estimate of drug-likeness (QED) is 0.241. The molecule has 0 aromatic heterocycles. The second-order valence-corrected chi connectivity index (χ2v) is 10.4. The van der Waals surface area contributed by atoms with Crippen LogP contribution in [-0.4, -0.2) is 62.2 Å². The summed E-state index contributed by atoms with van der Waals surface area (Å²) in [6.07, 6.45) is 0.629. The van der Waals surface area contributed by atoms with E-state index in [4.69, 9.17) is 25.4 Å². The van der Waals surface area contributed by atoms with Gasteiger partial charge in [0.25, 0.3) is 5.91 Å². The average molecular weight is 620 g/mol. The Balaban J connectivity index is 0.00000560. The first-order valence-electron chi connectivity index (χ1n) is 12.9. The van der Waals surface area contributed by atoms with Crippen molar-refractivity contribution in [3.8, 4) is 17.2 Å². The minimum absolute atomic E-state index is 0. The molecule has 2 amide bonds. The lowest BCUT2D eigenvalue weighted by Gasteiger charge is -2.25. The summed E-state index contributed by atoms with van der Waals surface area (Å²) in [6.45, 7) is 8.82. The van der Waals surface area contributed by atoms with E-state index < -0.39 is 5.91 Å². The number of ketones is 1. The summed E-state index contributed by atoms with van der Waals surface area (Å²) in [7, 11) is 3.09. The first kappa shape index (κ1) is 32.6. The van der Waals surface area contributed by atoms with E-state index in [0.717, 1.165) is 11.1 Å². The van der Waals surface area contributed by atoms with Crippen LogP contribution in [0.25, 0.3) is 0 Å². The van der Waals surface area contributed by atoms with Crippen molar-refractivity contribution < 1.29 is 28.6 Å². The van der Waals surface area contributed by atoms with Crippen LogP contribution < -0.4 is 25.3 Å². The molecule has 0 radical (unpaired) electrons. The molecule has 1 heterocycles. The molecule has 2 aromatic carbocycles. The van der Waals surface area contributed by atoms with E-state index in [1.54, 1.807) is 36.3 Å². The molecule has 0 bridgehead atoms. The van der Waals surface area contributed by atoms with Crippen LogP contribution in [-0.2, 0) is 16.8 Å². The zero-order valence-corrected chi connectivity index (χ0v) is 25.6. The zero-order chi connectivity index (χ0) is 28.9. The first-order chi connectivity index (χ1) is 18.4. The highest BCUT2D eigenvalue weighted by molar-refractivity contribution is 8.93. The van der Waals surface area contributed by atoms with E-state index in [1.807, 2.05) is 27.7 Å². The van der Waals surface area contributed by atoms with Crippen LogP contribution in [0.5, 0.6) is 17.2 Å². The molecule has 4 N–H and O–H groups in total. The highest BCUT2D eigenvalue weighted by atomic mass is 79.9. The molecule has 0 atom stereocenters. The largest absolute Gasteiger partial charge is 0.493 e. The molecule has 0 aliphatic carbocycles. The minimum atomic E-state index is -0.408. The molecule has 10 nitrogen and oxygen atoms in total. The number of rotatable bonds is 12. The Morgan fingerprint density at radius 3 is 2.38 bits per heavy atom. The van der Waals surface area contributed by atoms with Gasteiger partial charge in [-0.15, -0.1) is 17.0 Å². The van der Waals surface area contributed by atoms with E-state index in [-0.39, 0.29) is 59.5 Å². The number of Topliss-reactive ketones (excluding diaryl/α,β-unsaturated/α-hetero) is 1. The fourth-order valence-electron chi connectivity index (χ4n) is 4.48. The maximum atomic E-state index is 13.6. The van der Waals surface area contributed by atoms with E-state index in [9.17, 15) is 14.4 Å².